The topological polar surface area (TPSA) is 88.3 Å². The van der Waals surface area contributed by atoms with Gasteiger partial charge in [0.05, 0.1) is 0 Å². The average molecular weight is 292 g/mol. The van der Waals surface area contributed by atoms with E-state index < -0.39 is 5.54 Å². The lowest BCUT2D eigenvalue weighted by Gasteiger charge is -2.37. The van der Waals surface area contributed by atoms with Gasteiger partial charge in [0, 0.05) is 13.0 Å². The van der Waals surface area contributed by atoms with Crippen LogP contribution in [0.1, 0.15) is 50.2 Å². The molecule has 0 unspecified atom stereocenters. The highest BCUT2D eigenvalue weighted by molar-refractivity contribution is 5.93. The molecular weight excluding hydrogens is 272 g/mol. The zero-order valence-electron chi connectivity index (χ0n) is 12.2. The van der Waals surface area contributed by atoms with E-state index in [1.165, 1.54) is 0 Å². The van der Waals surface area contributed by atoms with Gasteiger partial charge in [0.25, 0.3) is 0 Å². The van der Waals surface area contributed by atoms with E-state index in [1.807, 2.05) is 0 Å². The van der Waals surface area contributed by atoms with Crippen molar-refractivity contribution < 1.29 is 14.1 Å². The molecular formula is C14H20N4O3. The van der Waals surface area contributed by atoms with Crippen LogP contribution in [0, 0.1) is 6.92 Å². The smallest absolute Gasteiger partial charge is 0.248 e. The molecule has 1 aliphatic carbocycles. The van der Waals surface area contributed by atoms with Crippen molar-refractivity contribution in [1.82, 2.24) is 20.4 Å². The predicted molar refractivity (Wildman–Crippen MR) is 73.0 cm³/mol. The second-order valence-electron chi connectivity index (χ2n) is 5.90. The Bertz CT molecular complexity index is 548. The van der Waals surface area contributed by atoms with Gasteiger partial charge in [-0.3, -0.25) is 9.59 Å². The predicted octanol–water partition coefficient (Wildman–Crippen LogP) is 0.929. The highest BCUT2D eigenvalue weighted by Crippen LogP contribution is 2.32. The number of hydrogen-bond donors (Lipinski definition) is 1. The van der Waals surface area contributed by atoms with Crippen molar-refractivity contribution >= 4 is 11.8 Å². The summed E-state index contributed by atoms with van der Waals surface area (Å²) in [6.07, 6.45) is 4.82. The van der Waals surface area contributed by atoms with Crippen molar-refractivity contribution in [2.75, 3.05) is 6.54 Å². The largest absolute Gasteiger partial charge is 0.342 e. The maximum atomic E-state index is 12.9. The molecule has 21 heavy (non-hydrogen) atoms. The lowest BCUT2D eigenvalue weighted by molar-refractivity contribution is -0.141. The molecule has 114 valence electrons. The van der Waals surface area contributed by atoms with Gasteiger partial charge in [0.15, 0.2) is 5.82 Å². The number of nitrogens with one attached hydrogen (secondary N) is 1. The highest BCUT2D eigenvalue weighted by Gasteiger charge is 2.45. The molecule has 3 rings (SSSR count). The van der Waals surface area contributed by atoms with Crippen LogP contribution in [-0.2, 0) is 16.1 Å². The van der Waals surface area contributed by atoms with Crippen LogP contribution >= 0.6 is 0 Å². The molecule has 1 aromatic rings. The fraction of sp³-hybridized carbons (Fsp3) is 0.714. The van der Waals surface area contributed by atoms with Crippen LogP contribution < -0.4 is 5.32 Å². The zero-order valence-corrected chi connectivity index (χ0v) is 12.2. The summed E-state index contributed by atoms with van der Waals surface area (Å²) in [5.41, 5.74) is -0.721. The Morgan fingerprint density at radius 1 is 1.29 bits per heavy atom. The highest BCUT2D eigenvalue weighted by atomic mass is 16.5. The first-order chi connectivity index (χ1) is 10.1. The molecule has 1 aromatic heterocycles. The summed E-state index contributed by atoms with van der Waals surface area (Å²) in [4.78, 5) is 30.7. The second-order valence-corrected chi connectivity index (χ2v) is 5.90. The molecule has 2 amide bonds. The Labute approximate surface area is 123 Å². The summed E-state index contributed by atoms with van der Waals surface area (Å²) in [5, 5.41) is 6.71. The molecule has 0 atom stereocenters. The lowest BCUT2D eigenvalue weighted by Crippen LogP contribution is -2.57. The minimum Gasteiger partial charge on any atom is -0.342 e. The van der Waals surface area contributed by atoms with E-state index in [0.29, 0.717) is 24.7 Å². The van der Waals surface area contributed by atoms with Gasteiger partial charge in [-0.15, -0.1) is 0 Å². The number of aryl methyl sites for hydroxylation is 1. The van der Waals surface area contributed by atoms with Crippen LogP contribution in [0.3, 0.4) is 0 Å². The summed E-state index contributed by atoms with van der Waals surface area (Å²) >= 11 is 0. The number of aromatic nitrogens is 2. The molecule has 7 heteroatoms. The summed E-state index contributed by atoms with van der Waals surface area (Å²) in [5.74, 6) is 0.911. The molecule has 2 heterocycles. The SMILES string of the molecule is Cc1noc(CN2CCC(=O)NC3(CCCCC3)C2=O)n1. The van der Waals surface area contributed by atoms with Gasteiger partial charge < -0.3 is 14.7 Å². The molecule has 0 aromatic carbocycles. The van der Waals surface area contributed by atoms with Gasteiger partial charge in [-0.25, -0.2) is 0 Å². The van der Waals surface area contributed by atoms with Crippen molar-refractivity contribution in [1.29, 1.82) is 0 Å². The summed E-state index contributed by atoms with van der Waals surface area (Å²) in [6.45, 7) is 2.41. The first-order valence-electron chi connectivity index (χ1n) is 7.49. The minimum atomic E-state index is -0.721. The molecule has 2 aliphatic rings. The lowest BCUT2D eigenvalue weighted by atomic mass is 9.80. The molecule has 1 saturated carbocycles. The number of nitrogens with zero attached hydrogens (tertiary/aromatic N) is 3. The number of hydrogen-bond acceptors (Lipinski definition) is 5. The van der Waals surface area contributed by atoms with Crippen LogP contribution in [0.5, 0.6) is 0 Å². The van der Waals surface area contributed by atoms with E-state index in [-0.39, 0.29) is 18.4 Å². The second kappa shape index (κ2) is 5.46. The van der Waals surface area contributed by atoms with Gasteiger partial charge in [0.1, 0.15) is 12.1 Å². The molecule has 2 fully saturated rings. The Morgan fingerprint density at radius 2 is 2.05 bits per heavy atom. The third-order valence-corrected chi connectivity index (χ3v) is 4.29. The quantitative estimate of drug-likeness (QED) is 0.876. The van der Waals surface area contributed by atoms with Crippen LogP contribution in [0.25, 0.3) is 0 Å². The molecule has 0 radical (unpaired) electrons. The van der Waals surface area contributed by atoms with Crippen LogP contribution in [0.4, 0.5) is 0 Å². The standard InChI is InChI=1S/C14H20N4O3/c1-10-15-12(21-17-10)9-18-8-5-11(19)16-14(13(18)20)6-3-2-4-7-14/h2-9H2,1H3,(H,16,19). The Hall–Kier alpha value is -1.92. The van der Waals surface area contributed by atoms with E-state index in [9.17, 15) is 9.59 Å². The first kappa shape index (κ1) is 14.0. The van der Waals surface area contributed by atoms with Crippen molar-refractivity contribution in [3.05, 3.63) is 11.7 Å². The van der Waals surface area contributed by atoms with Crippen molar-refractivity contribution in [2.24, 2.45) is 0 Å². The summed E-state index contributed by atoms with van der Waals surface area (Å²) in [6, 6.07) is 0. The summed E-state index contributed by atoms with van der Waals surface area (Å²) < 4.78 is 5.10. The van der Waals surface area contributed by atoms with E-state index in [1.54, 1.807) is 11.8 Å². The third-order valence-electron chi connectivity index (χ3n) is 4.29. The van der Waals surface area contributed by atoms with Crippen LogP contribution in [0.2, 0.25) is 0 Å². The van der Waals surface area contributed by atoms with E-state index in [4.69, 9.17) is 4.52 Å². The molecule has 7 nitrogen and oxygen atoms in total. The molecule has 1 N–H and O–H groups in total. The van der Waals surface area contributed by atoms with Crippen LogP contribution in [-0.4, -0.2) is 38.9 Å². The van der Waals surface area contributed by atoms with Gasteiger partial charge in [-0.1, -0.05) is 24.4 Å². The number of amides is 2. The van der Waals surface area contributed by atoms with E-state index >= 15 is 0 Å². The minimum absolute atomic E-state index is 0.0103. The zero-order chi connectivity index (χ0) is 14.9. The molecule has 1 spiro atoms. The number of carbonyl (C=O) groups excluding carboxylic acids is 2. The third kappa shape index (κ3) is 2.77. The number of rotatable bonds is 2. The van der Waals surface area contributed by atoms with Crippen molar-refractivity contribution in [2.45, 2.75) is 57.5 Å². The Kier molecular flexibility index (Phi) is 3.65. The summed E-state index contributed by atoms with van der Waals surface area (Å²) in [7, 11) is 0. The normalized spacial score (nSPS) is 22.2. The van der Waals surface area contributed by atoms with Crippen molar-refractivity contribution in [3.8, 4) is 0 Å². The monoisotopic (exact) mass is 292 g/mol. The van der Waals surface area contributed by atoms with Gasteiger partial charge in [-0.05, 0) is 19.8 Å². The van der Waals surface area contributed by atoms with E-state index in [2.05, 4.69) is 15.5 Å². The molecule has 0 bridgehead atoms. The van der Waals surface area contributed by atoms with Gasteiger partial charge in [-0.2, -0.15) is 4.98 Å². The van der Waals surface area contributed by atoms with Crippen molar-refractivity contribution in [3.63, 3.8) is 0 Å². The fourth-order valence-corrected chi connectivity index (χ4v) is 3.24. The Balaban J connectivity index is 1.82. The molecule has 1 saturated heterocycles. The van der Waals surface area contributed by atoms with E-state index in [0.717, 1.165) is 32.1 Å². The Morgan fingerprint density at radius 3 is 2.71 bits per heavy atom. The van der Waals surface area contributed by atoms with Gasteiger partial charge >= 0.3 is 0 Å². The average Bonchev–Trinajstić information content (AvgIpc) is 2.84. The maximum absolute atomic E-state index is 12.9. The van der Waals surface area contributed by atoms with Crippen LogP contribution in [0.15, 0.2) is 4.52 Å². The van der Waals surface area contributed by atoms with Gasteiger partial charge in [0.2, 0.25) is 17.7 Å². The number of carbonyl (C=O) groups is 2. The molecule has 1 aliphatic heterocycles. The maximum Gasteiger partial charge on any atom is 0.248 e. The fourth-order valence-electron chi connectivity index (χ4n) is 3.24. The first-order valence-corrected chi connectivity index (χ1v) is 7.49.